The molecule has 2 rings (SSSR count). The molecule has 3 heteroatoms. The van der Waals surface area contributed by atoms with Crippen molar-refractivity contribution in [3.05, 3.63) is 0 Å². The number of hydrogen-bond donors (Lipinski definition) is 1. The fraction of sp³-hybridized carbons (Fsp3) is 1.00. The smallest absolute Gasteiger partial charge is 0.0580 e. The summed E-state index contributed by atoms with van der Waals surface area (Å²) in [4.78, 5) is 0. The van der Waals surface area contributed by atoms with Crippen LogP contribution in [0.25, 0.3) is 0 Å². The van der Waals surface area contributed by atoms with Gasteiger partial charge in [-0.3, -0.25) is 0 Å². The third-order valence-corrected chi connectivity index (χ3v) is 3.43. The summed E-state index contributed by atoms with van der Waals surface area (Å²) in [5, 5.41) is 3.39. The molecule has 0 saturated carbocycles. The topological polar surface area (TPSA) is 30.5 Å². The van der Waals surface area contributed by atoms with E-state index in [0.717, 1.165) is 26.2 Å². The molecule has 2 fully saturated rings. The van der Waals surface area contributed by atoms with E-state index >= 15 is 0 Å². The zero-order chi connectivity index (χ0) is 9.80. The van der Waals surface area contributed by atoms with Gasteiger partial charge in [0.1, 0.15) is 0 Å². The van der Waals surface area contributed by atoms with Gasteiger partial charge >= 0.3 is 0 Å². The quantitative estimate of drug-likeness (QED) is 0.740. The summed E-state index contributed by atoms with van der Waals surface area (Å²) < 4.78 is 11.2. The lowest BCUT2D eigenvalue weighted by Crippen LogP contribution is -2.42. The minimum atomic E-state index is 0.498. The predicted molar refractivity (Wildman–Crippen MR) is 55.4 cm³/mol. The zero-order valence-electron chi connectivity index (χ0n) is 9.00. The summed E-state index contributed by atoms with van der Waals surface area (Å²) in [5.41, 5.74) is 0. The van der Waals surface area contributed by atoms with Crippen molar-refractivity contribution in [3.8, 4) is 0 Å². The Morgan fingerprint density at radius 1 is 1.29 bits per heavy atom. The van der Waals surface area contributed by atoms with Gasteiger partial charge in [0, 0.05) is 25.2 Å². The van der Waals surface area contributed by atoms with Gasteiger partial charge in [-0.2, -0.15) is 0 Å². The zero-order valence-corrected chi connectivity index (χ0v) is 9.00. The van der Waals surface area contributed by atoms with Crippen LogP contribution in [0.3, 0.4) is 0 Å². The number of ether oxygens (including phenoxy) is 2. The Bertz CT molecular complexity index is 169. The minimum Gasteiger partial charge on any atom is -0.381 e. The van der Waals surface area contributed by atoms with Crippen molar-refractivity contribution in [3.63, 3.8) is 0 Å². The molecule has 0 aromatic heterocycles. The van der Waals surface area contributed by atoms with Gasteiger partial charge < -0.3 is 14.8 Å². The number of hydrogen-bond acceptors (Lipinski definition) is 3. The molecule has 3 unspecified atom stereocenters. The Morgan fingerprint density at radius 2 is 2.21 bits per heavy atom. The molecule has 0 aromatic carbocycles. The predicted octanol–water partition coefficient (Wildman–Crippen LogP) is 1.18. The molecule has 0 radical (unpaired) electrons. The first-order valence-electron chi connectivity index (χ1n) is 5.76. The molecule has 0 aliphatic carbocycles. The highest BCUT2D eigenvalue weighted by Crippen LogP contribution is 2.25. The van der Waals surface area contributed by atoms with Gasteiger partial charge in [-0.25, -0.2) is 0 Å². The standard InChI is InChI=1S/C11H21NO2/c1-12-11-4-6-13-8-9(11)7-10-3-2-5-14-10/h9-12H,2-8H2,1H3. The first kappa shape index (κ1) is 10.4. The van der Waals surface area contributed by atoms with Crippen LogP contribution in [0.2, 0.25) is 0 Å². The number of rotatable bonds is 3. The van der Waals surface area contributed by atoms with Crippen LogP contribution in [0.4, 0.5) is 0 Å². The summed E-state index contributed by atoms with van der Waals surface area (Å²) in [6, 6.07) is 0.632. The molecule has 1 N–H and O–H groups in total. The molecular formula is C11H21NO2. The van der Waals surface area contributed by atoms with Crippen molar-refractivity contribution in [2.45, 2.75) is 37.8 Å². The van der Waals surface area contributed by atoms with Gasteiger partial charge in [0.25, 0.3) is 0 Å². The van der Waals surface area contributed by atoms with E-state index in [1.165, 1.54) is 19.3 Å². The van der Waals surface area contributed by atoms with Crippen LogP contribution in [0.5, 0.6) is 0 Å². The highest BCUT2D eigenvalue weighted by Gasteiger charge is 2.28. The summed E-state index contributed by atoms with van der Waals surface area (Å²) in [7, 11) is 2.05. The Hall–Kier alpha value is -0.120. The van der Waals surface area contributed by atoms with Crippen molar-refractivity contribution >= 4 is 0 Å². The first-order chi connectivity index (χ1) is 6.90. The van der Waals surface area contributed by atoms with Gasteiger partial charge in [0.05, 0.1) is 12.7 Å². The molecular weight excluding hydrogens is 178 g/mol. The van der Waals surface area contributed by atoms with Crippen LogP contribution in [-0.2, 0) is 9.47 Å². The molecule has 3 atom stereocenters. The molecule has 0 aromatic rings. The van der Waals surface area contributed by atoms with E-state index < -0.39 is 0 Å². The lowest BCUT2D eigenvalue weighted by Gasteiger charge is -2.32. The normalized spacial score (nSPS) is 38.8. The second-order valence-corrected chi connectivity index (χ2v) is 4.39. The SMILES string of the molecule is CNC1CCOCC1CC1CCCO1. The maximum atomic E-state index is 5.67. The van der Waals surface area contributed by atoms with E-state index in [0.29, 0.717) is 18.1 Å². The van der Waals surface area contributed by atoms with Crippen LogP contribution >= 0.6 is 0 Å². The first-order valence-corrected chi connectivity index (χ1v) is 5.76. The van der Waals surface area contributed by atoms with Crippen molar-refractivity contribution < 1.29 is 9.47 Å². The molecule has 2 aliphatic rings. The second kappa shape index (κ2) is 5.10. The van der Waals surface area contributed by atoms with Crippen LogP contribution in [0, 0.1) is 5.92 Å². The largest absolute Gasteiger partial charge is 0.381 e. The Kier molecular flexibility index (Phi) is 3.79. The fourth-order valence-electron chi connectivity index (χ4n) is 2.58. The van der Waals surface area contributed by atoms with E-state index in [4.69, 9.17) is 9.47 Å². The Balaban J connectivity index is 1.81. The van der Waals surface area contributed by atoms with E-state index in [1.54, 1.807) is 0 Å². The molecule has 0 amide bonds. The van der Waals surface area contributed by atoms with Crippen molar-refractivity contribution in [1.29, 1.82) is 0 Å². The van der Waals surface area contributed by atoms with Crippen molar-refractivity contribution in [1.82, 2.24) is 5.32 Å². The number of nitrogens with one attached hydrogen (secondary N) is 1. The van der Waals surface area contributed by atoms with E-state index in [9.17, 15) is 0 Å². The lowest BCUT2D eigenvalue weighted by molar-refractivity contribution is 0.00386. The molecule has 2 saturated heterocycles. The second-order valence-electron chi connectivity index (χ2n) is 4.39. The van der Waals surface area contributed by atoms with E-state index in [-0.39, 0.29) is 0 Å². The maximum Gasteiger partial charge on any atom is 0.0580 e. The van der Waals surface area contributed by atoms with Gasteiger partial charge in [-0.15, -0.1) is 0 Å². The van der Waals surface area contributed by atoms with Crippen LogP contribution < -0.4 is 5.32 Å². The summed E-state index contributed by atoms with van der Waals surface area (Å²) in [6.45, 7) is 2.78. The monoisotopic (exact) mass is 199 g/mol. The molecule has 2 heterocycles. The molecule has 2 aliphatic heterocycles. The third kappa shape index (κ3) is 2.47. The maximum absolute atomic E-state index is 5.67. The van der Waals surface area contributed by atoms with Gasteiger partial charge in [-0.05, 0) is 32.7 Å². The van der Waals surface area contributed by atoms with Gasteiger partial charge in [0.15, 0.2) is 0 Å². The van der Waals surface area contributed by atoms with Gasteiger partial charge in [0.2, 0.25) is 0 Å². The Morgan fingerprint density at radius 3 is 2.93 bits per heavy atom. The van der Waals surface area contributed by atoms with Crippen molar-refractivity contribution in [2.75, 3.05) is 26.9 Å². The van der Waals surface area contributed by atoms with Crippen LogP contribution in [-0.4, -0.2) is 39.0 Å². The molecule has 14 heavy (non-hydrogen) atoms. The Labute approximate surface area is 86.2 Å². The van der Waals surface area contributed by atoms with Crippen LogP contribution in [0.15, 0.2) is 0 Å². The summed E-state index contributed by atoms with van der Waals surface area (Å²) in [6.07, 6.45) is 5.30. The van der Waals surface area contributed by atoms with E-state index in [2.05, 4.69) is 12.4 Å². The third-order valence-electron chi connectivity index (χ3n) is 3.43. The fourth-order valence-corrected chi connectivity index (χ4v) is 2.58. The highest BCUT2D eigenvalue weighted by atomic mass is 16.5. The average Bonchev–Trinajstić information content (AvgIpc) is 2.71. The molecule has 0 spiro atoms. The molecule has 82 valence electrons. The lowest BCUT2D eigenvalue weighted by atomic mass is 9.90. The average molecular weight is 199 g/mol. The molecule has 3 nitrogen and oxygen atoms in total. The van der Waals surface area contributed by atoms with E-state index in [1.807, 2.05) is 0 Å². The summed E-state index contributed by atoms with van der Waals surface area (Å²) >= 11 is 0. The summed E-state index contributed by atoms with van der Waals surface area (Å²) in [5.74, 6) is 0.650. The van der Waals surface area contributed by atoms with Crippen LogP contribution in [0.1, 0.15) is 25.7 Å². The van der Waals surface area contributed by atoms with Gasteiger partial charge in [-0.1, -0.05) is 0 Å². The highest BCUT2D eigenvalue weighted by molar-refractivity contribution is 4.82. The molecule has 0 bridgehead atoms. The van der Waals surface area contributed by atoms with Crippen molar-refractivity contribution in [2.24, 2.45) is 5.92 Å². The minimum absolute atomic E-state index is 0.498.